The number of hydrogen-bond donors (Lipinski definition) is 0. The third kappa shape index (κ3) is 2.27. The summed E-state index contributed by atoms with van der Waals surface area (Å²) in [5.74, 6) is 1.33. The van der Waals surface area contributed by atoms with Crippen molar-refractivity contribution >= 4 is 10.8 Å². The van der Waals surface area contributed by atoms with Gasteiger partial charge in [0, 0.05) is 5.56 Å². The number of methoxy groups -OCH3 is 1. The smallest absolute Gasteiger partial charge is 0.344 e. The standard InChI is InChI=1S/C20H14O3/c1-22-16-9-7-13(8-10-16)18-12-15-11-14-5-3-2-4-6-17(14)19(15)20(21)23-18/h2-12H,1H3. The van der Waals surface area contributed by atoms with Crippen LogP contribution in [0.5, 0.6) is 5.75 Å². The minimum atomic E-state index is -0.311. The van der Waals surface area contributed by atoms with Crippen molar-refractivity contribution in [1.82, 2.24) is 0 Å². The third-order valence-corrected chi connectivity index (χ3v) is 4.01. The number of benzene rings is 1. The van der Waals surface area contributed by atoms with Gasteiger partial charge in [-0.1, -0.05) is 30.3 Å². The van der Waals surface area contributed by atoms with Gasteiger partial charge < -0.3 is 9.15 Å². The van der Waals surface area contributed by atoms with Crippen LogP contribution in [-0.2, 0) is 0 Å². The Hall–Kier alpha value is -3.07. The summed E-state index contributed by atoms with van der Waals surface area (Å²) in [5.41, 5.74) is 2.49. The minimum absolute atomic E-state index is 0.311. The van der Waals surface area contributed by atoms with Crippen LogP contribution < -0.4 is 10.4 Å². The van der Waals surface area contributed by atoms with E-state index in [1.165, 1.54) is 0 Å². The molecule has 0 fully saturated rings. The summed E-state index contributed by atoms with van der Waals surface area (Å²) in [7, 11) is 1.62. The zero-order chi connectivity index (χ0) is 15.8. The molecule has 0 radical (unpaired) electrons. The second kappa shape index (κ2) is 5.29. The highest BCUT2D eigenvalue weighted by Crippen LogP contribution is 2.33. The van der Waals surface area contributed by atoms with Crippen molar-refractivity contribution in [3.8, 4) is 28.2 Å². The van der Waals surface area contributed by atoms with Crippen molar-refractivity contribution in [1.29, 1.82) is 0 Å². The zero-order valence-corrected chi connectivity index (χ0v) is 12.6. The molecule has 0 unspecified atom stereocenters. The number of fused-ring (bicyclic) bond motifs is 3. The number of rotatable bonds is 2. The number of ether oxygens (including phenoxy) is 1. The summed E-state index contributed by atoms with van der Waals surface area (Å²) < 4.78 is 10.7. The average molecular weight is 302 g/mol. The number of hydrogen-bond acceptors (Lipinski definition) is 3. The van der Waals surface area contributed by atoms with Crippen LogP contribution in [-0.4, -0.2) is 7.11 Å². The SMILES string of the molecule is COc1ccc(-c2cc3cc4cccccc-4c3c(=O)o2)cc1. The van der Waals surface area contributed by atoms with E-state index in [2.05, 4.69) is 0 Å². The molecule has 0 saturated heterocycles. The lowest BCUT2D eigenvalue weighted by molar-refractivity contribution is 0.415. The van der Waals surface area contributed by atoms with E-state index in [4.69, 9.17) is 9.15 Å². The fraction of sp³-hybridized carbons (Fsp3) is 0.0500. The normalized spacial score (nSPS) is 11.0. The van der Waals surface area contributed by atoms with Crippen LogP contribution >= 0.6 is 0 Å². The summed E-state index contributed by atoms with van der Waals surface area (Å²) in [6.45, 7) is 0. The predicted octanol–water partition coefficient (Wildman–Crippen LogP) is 4.57. The zero-order valence-electron chi connectivity index (χ0n) is 12.6. The second-order valence-corrected chi connectivity index (χ2v) is 5.38. The fourth-order valence-electron chi connectivity index (χ4n) is 2.87. The Morgan fingerprint density at radius 1 is 0.870 bits per heavy atom. The molecule has 1 aromatic heterocycles. The molecule has 0 aliphatic heterocycles. The van der Waals surface area contributed by atoms with Gasteiger partial charge >= 0.3 is 5.63 Å². The summed E-state index contributed by atoms with van der Waals surface area (Å²) in [6.07, 6.45) is 0. The van der Waals surface area contributed by atoms with E-state index in [1.807, 2.05) is 66.7 Å². The Balaban J connectivity index is 1.95. The summed E-state index contributed by atoms with van der Waals surface area (Å²) in [5, 5.41) is 1.53. The molecule has 0 bridgehead atoms. The molecule has 23 heavy (non-hydrogen) atoms. The Kier molecular flexibility index (Phi) is 3.12. The molecule has 0 saturated carbocycles. The molecule has 2 aliphatic carbocycles. The van der Waals surface area contributed by atoms with Gasteiger partial charge in [-0.05, 0) is 52.9 Å². The fourth-order valence-corrected chi connectivity index (χ4v) is 2.87. The van der Waals surface area contributed by atoms with E-state index in [1.54, 1.807) is 7.11 Å². The van der Waals surface area contributed by atoms with Crippen molar-refractivity contribution in [3.05, 3.63) is 77.2 Å². The van der Waals surface area contributed by atoms with Gasteiger partial charge in [0.05, 0.1) is 12.5 Å². The van der Waals surface area contributed by atoms with Crippen LogP contribution in [0.3, 0.4) is 0 Å². The largest absolute Gasteiger partial charge is 0.497 e. The lowest BCUT2D eigenvalue weighted by atomic mass is 10.1. The average Bonchev–Trinajstić information content (AvgIpc) is 2.77. The van der Waals surface area contributed by atoms with Gasteiger partial charge in [0.1, 0.15) is 11.5 Å². The quantitative estimate of drug-likeness (QED) is 0.544. The van der Waals surface area contributed by atoms with E-state index < -0.39 is 0 Å². The van der Waals surface area contributed by atoms with E-state index in [9.17, 15) is 4.79 Å². The van der Waals surface area contributed by atoms with E-state index in [-0.39, 0.29) is 5.63 Å². The molecule has 112 valence electrons. The topological polar surface area (TPSA) is 39.4 Å². The molecule has 0 atom stereocenters. The molecule has 3 heteroatoms. The second-order valence-electron chi connectivity index (χ2n) is 5.38. The maximum absolute atomic E-state index is 12.5. The van der Waals surface area contributed by atoms with Gasteiger partial charge in [0.15, 0.2) is 0 Å². The molecule has 2 aromatic rings. The summed E-state index contributed by atoms with van der Waals surface area (Å²) >= 11 is 0. The van der Waals surface area contributed by atoms with Crippen molar-refractivity contribution in [2.24, 2.45) is 0 Å². The van der Waals surface area contributed by atoms with E-state index in [0.717, 1.165) is 27.8 Å². The van der Waals surface area contributed by atoms with Crippen molar-refractivity contribution in [2.45, 2.75) is 0 Å². The molecule has 0 spiro atoms. The van der Waals surface area contributed by atoms with Gasteiger partial charge in [0.25, 0.3) is 0 Å². The van der Waals surface area contributed by atoms with E-state index >= 15 is 0 Å². The van der Waals surface area contributed by atoms with Crippen molar-refractivity contribution in [2.75, 3.05) is 7.11 Å². The van der Waals surface area contributed by atoms with Gasteiger partial charge in [-0.25, -0.2) is 4.79 Å². The first-order valence-electron chi connectivity index (χ1n) is 7.36. The van der Waals surface area contributed by atoms with E-state index in [0.29, 0.717) is 11.1 Å². The van der Waals surface area contributed by atoms with Crippen molar-refractivity contribution in [3.63, 3.8) is 0 Å². The molecular weight excluding hydrogens is 288 g/mol. The maximum Gasteiger partial charge on any atom is 0.344 e. The molecule has 0 N–H and O–H groups in total. The van der Waals surface area contributed by atoms with Crippen LogP contribution in [0.25, 0.3) is 33.2 Å². The lowest BCUT2D eigenvalue weighted by Gasteiger charge is -2.03. The van der Waals surface area contributed by atoms with Gasteiger partial charge in [-0.2, -0.15) is 0 Å². The van der Waals surface area contributed by atoms with Crippen LogP contribution in [0, 0.1) is 0 Å². The first kappa shape index (κ1) is 13.6. The lowest BCUT2D eigenvalue weighted by Crippen LogP contribution is -1.99. The molecule has 0 amide bonds. The molecular formula is C20H14O3. The van der Waals surface area contributed by atoms with Crippen LogP contribution in [0.2, 0.25) is 0 Å². The Labute approximate surface area is 133 Å². The van der Waals surface area contributed by atoms with Crippen molar-refractivity contribution < 1.29 is 9.15 Å². The highest BCUT2D eigenvalue weighted by atomic mass is 16.5. The van der Waals surface area contributed by atoms with Gasteiger partial charge in [-0.3, -0.25) is 0 Å². The monoisotopic (exact) mass is 302 g/mol. The first-order valence-corrected chi connectivity index (χ1v) is 7.36. The van der Waals surface area contributed by atoms with Crippen LogP contribution in [0.15, 0.2) is 75.9 Å². The first-order chi connectivity index (χ1) is 11.3. The molecule has 4 rings (SSSR count). The Morgan fingerprint density at radius 2 is 1.65 bits per heavy atom. The molecule has 2 aliphatic rings. The van der Waals surface area contributed by atoms with Gasteiger partial charge in [-0.15, -0.1) is 0 Å². The predicted molar refractivity (Wildman–Crippen MR) is 91.1 cm³/mol. The maximum atomic E-state index is 12.5. The highest BCUT2D eigenvalue weighted by Gasteiger charge is 2.15. The summed E-state index contributed by atoms with van der Waals surface area (Å²) in [4.78, 5) is 12.5. The molecule has 1 aromatic carbocycles. The Bertz CT molecular complexity index is 1010. The third-order valence-electron chi connectivity index (χ3n) is 4.01. The highest BCUT2D eigenvalue weighted by molar-refractivity contribution is 6.02. The minimum Gasteiger partial charge on any atom is -0.497 e. The van der Waals surface area contributed by atoms with Crippen LogP contribution in [0.1, 0.15) is 0 Å². The Morgan fingerprint density at radius 3 is 2.43 bits per heavy atom. The van der Waals surface area contributed by atoms with Crippen LogP contribution in [0.4, 0.5) is 0 Å². The molecule has 1 heterocycles. The van der Waals surface area contributed by atoms with Gasteiger partial charge in [0.2, 0.25) is 0 Å². The molecule has 3 nitrogen and oxygen atoms in total. The summed E-state index contributed by atoms with van der Waals surface area (Å²) in [6, 6.07) is 21.2.